The zero-order valence-corrected chi connectivity index (χ0v) is 18.4. The molecule has 31 heavy (non-hydrogen) atoms. The van der Waals surface area contributed by atoms with E-state index in [0.717, 1.165) is 30.6 Å². The van der Waals surface area contributed by atoms with Crippen molar-refractivity contribution in [3.8, 4) is 0 Å². The smallest absolute Gasteiger partial charge is 0.338 e. The molecule has 3 amide bonds. The van der Waals surface area contributed by atoms with Gasteiger partial charge < -0.3 is 14.4 Å². The molecule has 0 aromatic heterocycles. The van der Waals surface area contributed by atoms with E-state index in [1.54, 1.807) is 19.1 Å². The minimum absolute atomic E-state index is 0.139. The van der Waals surface area contributed by atoms with Crippen LogP contribution >= 0.6 is 0 Å². The van der Waals surface area contributed by atoms with Crippen molar-refractivity contribution in [2.24, 2.45) is 5.92 Å². The topological polar surface area (TPSA) is 93.2 Å². The Labute approximate surface area is 182 Å². The molecule has 1 aromatic carbocycles. The van der Waals surface area contributed by atoms with Gasteiger partial charge in [-0.3, -0.25) is 19.3 Å². The van der Waals surface area contributed by atoms with Gasteiger partial charge in [0.15, 0.2) is 6.61 Å². The van der Waals surface area contributed by atoms with E-state index >= 15 is 0 Å². The summed E-state index contributed by atoms with van der Waals surface area (Å²) in [5.74, 6) is -1.07. The quantitative estimate of drug-likeness (QED) is 0.357. The fraction of sp³-hybridized carbons (Fsp3) is 0.565. The van der Waals surface area contributed by atoms with Gasteiger partial charge in [-0.15, -0.1) is 0 Å². The highest BCUT2D eigenvalue weighted by molar-refractivity contribution is 6.21. The van der Waals surface area contributed by atoms with Gasteiger partial charge in [-0.2, -0.15) is 0 Å². The number of amides is 3. The van der Waals surface area contributed by atoms with Crippen molar-refractivity contribution in [2.75, 3.05) is 33.9 Å². The van der Waals surface area contributed by atoms with Gasteiger partial charge in [0.05, 0.1) is 16.7 Å². The summed E-state index contributed by atoms with van der Waals surface area (Å²) in [4.78, 5) is 52.7. The molecule has 168 valence electrons. The number of likely N-dealkylation sites (N-methyl/N-ethyl adjacent to an activating group) is 1. The van der Waals surface area contributed by atoms with Crippen molar-refractivity contribution in [1.82, 2.24) is 9.80 Å². The van der Waals surface area contributed by atoms with E-state index < -0.39 is 11.9 Å². The van der Waals surface area contributed by atoms with Gasteiger partial charge in [0.2, 0.25) is 0 Å². The summed E-state index contributed by atoms with van der Waals surface area (Å²) in [5.41, 5.74) is 0.582. The van der Waals surface area contributed by atoms with Crippen LogP contribution in [0, 0.1) is 5.92 Å². The van der Waals surface area contributed by atoms with Crippen LogP contribution in [0.2, 0.25) is 0 Å². The van der Waals surface area contributed by atoms with Crippen molar-refractivity contribution in [1.29, 1.82) is 0 Å². The molecule has 0 radical (unpaired) electrons. The van der Waals surface area contributed by atoms with Crippen molar-refractivity contribution in [3.63, 3.8) is 0 Å². The second kappa shape index (κ2) is 10.0. The number of fused-ring (bicyclic) bond motifs is 1. The number of nitrogens with zero attached hydrogens (tertiary/aromatic N) is 2. The lowest BCUT2D eigenvalue weighted by molar-refractivity contribution is -0.136. The molecule has 0 atom stereocenters. The molecular formula is C23H30N2O6. The number of benzene rings is 1. The molecule has 1 heterocycles. The maximum absolute atomic E-state index is 12.6. The third-order valence-corrected chi connectivity index (χ3v) is 6.19. The predicted molar refractivity (Wildman–Crippen MR) is 113 cm³/mol. The Morgan fingerprint density at radius 1 is 1.10 bits per heavy atom. The van der Waals surface area contributed by atoms with E-state index in [-0.39, 0.29) is 47.7 Å². The molecule has 1 aliphatic heterocycles. The van der Waals surface area contributed by atoms with E-state index in [9.17, 15) is 19.2 Å². The standard InChI is InChI=1S/C23H30N2O6/c1-15-5-8-17(9-6-15)24(2)20(26)14-31-23(29)16-7-10-18-19(13-16)22(28)25(21(18)27)11-4-12-30-3/h7,10,13,15,17H,4-6,8-9,11-12,14H2,1-3H3. The number of rotatable bonds is 8. The van der Waals surface area contributed by atoms with Gasteiger partial charge in [-0.25, -0.2) is 4.79 Å². The lowest BCUT2D eigenvalue weighted by Crippen LogP contribution is -2.41. The second-order valence-electron chi connectivity index (χ2n) is 8.36. The lowest BCUT2D eigenvalue weighted by atomic mass is 9.87. The highest BCUT2D eigenvalue weighted by Crippen LogP contribution is 2.27. The van der Waals surface area contributed by atoms with Gasteiger partial charge in [-0.1, -0.05) is 6.92 Å². The second-order valence-corrected chi connectivity index (χ2v) is 8.36. The molecule has 0 N–H and O–H groups in total. The number of ether oxygens (including phenoxy) is 2. The van der Waals surface area contributed by atoms with Crippen LogP contribution < -0.4 is 0 Å². The van der Waals surface area contributed by atoms with Gasteiger partial charge >= 0.3 is 5.97 Å². The SMILES string of the molecule is COCCCN1C(=O)c2ccc(C(=O)OCC(=O)N(C)C3CCC(C)CC3)cc2C1=O. The highest BCUT2D eigenvalue weighted by atomic mass is 16.5. The molecule has 0 bridgehead atoms. The molecule has 0 spiro atoms. The molecule has 1 aliphatic carbocycles. The first-order valence-electron chi connectivity index (χ1n) is 10.8. The fourth-order valence-corrected chi connectivity index (χ4v) is 4.13. The Kier molecular flexibility index (Phi) is 7.43. The maximum Gasteiger partial charge on any atom is 0.338 e. The fourth-order valence-electron chi connectivity index (χ4n) is 4.13. The summed E-state index contributed by atoms with van der Waals surface area (Å²) in [6.45, 7) is 2.55. The Bertz CT molecular complexity index is 860. The molecular weight excluding hydrogens is 400 g/mol. The van der Waals surface area contributed by atoms with Crippen LogP contribution in [0.15, 0.2) is 18.2 Å². The monoisotopic (exact) mass is 430 g/mol. The van der Waals surface area contributed by atoms with Crippen LogP contribution in [0.3, 0.4) is 0 Å². The number of methoxy groups -OCH3 is 1. The zero-order chi connectivity index (χ0) is 22.5. The predicted octanol–water partition coefficient (Wildman–Crippen LogP) is 2.51. The molecule has 8 heteroatoms. The van der Waals surface area contributed by atoms with E-state index in [0.29, 0.717) is 18.9 Å². The molecule has 3 rings (SSSR count). The molecule has 2 aliphatic rings. The first kappa shape index (κ1) is 22.9. The zero-order valence-electron chi connectivity index (χ0n) is 18.4. The van der Waals surface area contributed by atoms with Gasteiger partial charge in [0, 0.05) is 33.4 Å². The van der Waals surface area contributed by atoms with Crippen LogP contribution in [-0.4, -0.2) is 73.4 Å². The van der Waals surface area contributed by atoms with Crippen molar-refractivity contribution < 1.29 is 28.7 Å². The minimum Gasteiger partial charge on any atom is -0.452 e. The van der Waals surface area contributed by atoms with E-state index in [4.69, 9.17) is 9.47 Å². The Balaban J connectivity index is 1.58. The molecule has 0 unspecified atom stereocenters. The third kappa shape index (κ3) is 5.12. The lowest BCUT2D eigenvalue weighted by Gasteiger charge is -2.33. The molecule has 1 saturated carbocycles. The molecule has 0 saturated heterocycles. The van der Waals surface area contributed by atoms with Crippen LogP contribution in [-0.2, 0) is 14.3 Å². The van der Waals surface area contributed by atoms with Crippen LogP contribution in [0.5, 0.6) is 0 Å². The van der Waals surface area contributed by atoms with E-state index in [2.05, 4.69) is 6.92 Å². The van der Waals surface area contributed by atoms with Crippen LogP contribution in [0.4, 0.5) is 0 Å². The average Bonchev–Trinajstić information content (AvgIpc) is 3.01. The highest BCUT2D eigenvalue weighted by Gasteiger charge is 2.35. The van der Waals surface area contributed by atoms with E-state index in [1.807, 2.05) is 0 Å². The Morgan fingerprint density at radius 3 is 2.45 bits per heavy atom. The maximum atomic E-state index is 12.6. The third-order valence-electron chi connectivity index (χ3n) is 6.19. The summed E-state index contributed by atoms with van der Waals surface area (Å²) in [6.07, 6.45) is 4.63. The molecule has 8 nitrogen and oxygen atoms in total. The number of esters is 1. The van der Waals surface area contributed by atoms with Crippen molar-refractivity contribution in [3.05, 3.63) is 34.9 Å². The number of hydrogen-bond donors (Lipinski definition) is 0. The summed E-state index contributed by atoms with van der Waals surface area (Å²) in [7, 11) is 3.30. The number of hydrogen-bond acceptors (Lipinski definition) is 6. The summed E-state index contributed by atoms with van der Waals surface area (Å²) >= 11 is 0. The first-order chi connectivity index (χ1) is 14.8. The van der Waals surface area contributed by atoms with Gasteiger partial charge in [0.1, 0.15) is 0 Å². The Hall–Kier alpha value is -2.74. The number of carbonyl (C=O) groups excluding carboxylic acids is 4. The largest absolute Gasteiger partial charge is 0.452 e. The summed E-state index contributed by atoms with van der Waals surface area (Å²) in [6, 6.07) is 4.45. The molecule has 1 fully saturated rings. The normalized spacial score (nSPS) is 20.5. The van der Waals surface area contributed by atoms with Crippen LogP contribution in [0.25, 0.3) is 0 Å². The van der Waals surface area contributed by atoms with E-state index in [1.165, 1.54) is 18.2 Å². The molecule has 1 aromatic rings. The number of imide groups is 1. The summed E-state index contributed by atoms with van der Waals surface area (Å²) < 4.78 is 10.2. The minimum atomic E-state index is -0.695. The van der Waals surface area contributed by atoms with Gasteiger partial charge in [0.25, 0.3) is 17.7 Å². The number of carbonyl (C=O) groups is 4. The summed E-state index contributed by atoms with van der Waals surface area (Å²) in [5, 5.41) is 0. The average molecular weight is 431 g/mol. The van der Waals surface area contributed by atoms with Crippen molar-refractivity contribution in [2.45, 2.75) is 45.1 Å². The Morgan fingerprint density at radius 2 is 1.77 bits per heavy atom. The van der Waals surface area contributed by atoms with Crippen LogP contribution in [0.1, 0.15) is 70.1 Å². The van der Waals surface area contributed by atoms with Gasteiger partial charge in [-0.05, 0) is 56.2 Å². The first-order valence-corrected chi connectivity index (χ1v) is 10.8. The van der Waals surface area contributed by atoms with Crippen molar-refractivity contribution >= 4 is 23.7 Å².